The van der Waals surface area contributed by atoms with Gasteiger partial charge in [-0.05, 0) is 24.6 Å². The fraction of sp³-hybridized carbons (Fsp3) is 0.400. The maximum absolute atomic E-state index is 12.2. The second-order valence-electron chi connectivity index (χ2n) is 4.97. The molecule has 0 radical (unpaired) electrons. The van der Waals surface area contributed by atoms with E-state index >= 15 is 0 Å². The van der Waals surface area contributed by atoms with Gasteiger partial charge in [0.05, 0.1) is 0 Å². The van der Waals surface area contributed by atoms with Crippen LogP contribution in [0.5, 0.6) is 0 Å². The lowest BCUT2D eigenvalue weighted by Gasteiger charge is -2.20. The molecule has 0 aromatic heterocycles. The van der Waals surface area contributed by atoms with Crippen molar-refractivity contribution in [2.45, 2.75) is 25.5 Å². The second kappa shape index (κ2) is 6.30. The lowest BCUT2D eigenvalue weighted by molar-refractivity contribution is -0.117. The predicted octanol–water partition coefficient (Wildman–Crippen LogP) is 1.74. The van der Waals surface area contributed by atoms with Crippen molar-refractivity contribution in [1.82, 2.24) is 5.32 Å². The van der Waals surface area contributed by atoms with Crippen LogP contribution in [0.25, 0.3) is 0 Å². The number of rotatable bonds is 3. The number of carbonyl (C=O) groups is 3. The van der Waals surface area contributed by atoms with Crippen molar-refractivity contribution in [2.75, 3.05) is 18.5 Å². The number of hydrogen-bond donors (Lipinski definition) is 1. The molecule has 2 amide bonds. The van der Waals surface area contributed by atoms with Crippen molar-refractivity contribution in [3.05, 3.63) is 29.3 Å². The summed E-state index contributed by atoms with van der Waals surface area (Å²) in [5, 5.41) is 2.60. The summed E-state index contributed by atoms with van der Waals surface area (Å²) < 4.78 is 0. The highest BCUT2D eigenvalue weighted by atomic mass is 32.2. The molecule has 0 saturated carbocycles. The van der Waals surface area contributed by atoms with E-state index < -0.39 is 0 Å². The molecule has 0 spiro atoms. The average molecular weight is 306 g/mol. The molecule has 2 rings (SSSR count). The SMILES string of the molecule is CNC(=O)c1cccc(N2CC(SC(C)=O)CC2=O)c1C. The van der Waals surface area contributed by atoms with Crippen LogP contribution in [0.15, 0.2) is 18.2 Å². The molecule has 1 N–H and O–H groups in total. The van der Waals surface area contributed by atoms with Gasteiger partial charge in [-0.15, -0.1) is 0 Å². The summed E-state index contributed by atoms with van der Waals surface area (Å²) in [4.78, 5) is 36.8. The van der Waals surface area contributed by atoms with Crippen molar-refractivity contribution < 1.29 is 14.4 Å². The number of anilines is 1. The third-order valence-electron chi connectivity index (χ3n) is 3.49. The van der Waals surface area contributed by atoms with Crippen LogP contribution < -0.4 is 10.2 Å². The highest BCUT2D eigenvalue weighted by Crippen LogP contribution is 2.31. The number of amides is 2. The monoisotopic (exact) mass is 306 g/mol. The molecule has 1 aromatic carbocycles. The fourth-order valence-electron chi connectivity index (χ4n) is 2.52. The largest absolute Gasteiger partial charge is 0.355 e. The molecule has 1 fully saturated rings. The first-order valence-electron chi connectivity index (χ1n) is 6.73. The maximum Gasteiger partial charge on any atom is 0.251 e. The van der Waals surface area contributed by atoms with Crippen LogP contribution in [-0.2, 0) is 9.59 Å². The Labute approximate surface area is 128 Å². The standard InChI is InChI=1S/C15H18N2O3S/c1-9-12(15(20)16-3)5-4-6-13(9)17-8-11(7-14(17)19)21-10(2)18/h4-6,11H,7-8H2,1-3H3,(H,16,20). The molecule has 21 heavy (non-hydrogen) atoms. The molecule has 6 heteroatoms. The Morgan fingerprint density at radius 2 is 2.10 bits per heavy atom. The van der Waals surface area contributed by atoms with E-state index in [1.165, 1.54) is 18.7 Å². The van der Waals surface area contributed by atoms with Gasteiger partial charge in [0.25, 0.3) is 5.91 Å². The molecule has 1 saturated heterocycles. The molecule has 1 heterocycles. The van der Waals surface area contributed by atoms with Crippen LogP contribution in [0.4, 0.5) is 5.69 Å². The Bertz CT molecular complexity index is 601. The quantitative estimate of drug-likeness (QED) is 0.924. The van der Waals surface area contributed by atoms with Crippen LogP contribution in [0, 0.1) is 6.92 Å². The smallest absolute Gasteiger partial charge is 0.251 e. The summed E-state index contributed by atoms with van der Waals surface area (Å²) in [5.74, 6) is -0.179. The summed E-state index contributed by atoms with van der Waals surface area (Å²) >= 11 is 1.20. The second-order valence-corrected chi connectivity index (χ2v) is 6.45. The van der Waals surface area contributed by atoms with Gasteiger partial charge in [-0.3, -0.25) is 14.4 Å². The topological polar surface area (TPSA) is 66.5 Å². The summed E-state index contributed by atoms with van der Waals surface area (Å²) in [6.45, 7) is 3.84. The third-order valence-corrected chi connectivity index (χ3v) is 4.47. The van der Waals surface area contributed by atoms with Gasteiger partial charge >= 0.3 is 0 Å². The van der Waals surface area contributed by atoms with E-state index in [1.807, 2.05) is 13.0 Å². The zero-order valence-electron chi connectivity index (χ0n) is 12.3. The van der Waals surface area contributed by atoms with Crippen molar-refractivity contribution >= 4 is 34.4 Å². The van der Waals surface area contributed by atoms with Crippen molar-refractivity contribution in [3.8, 4) is 0 Å². The number of nitrogens with zero attached hydrogens (tertiary/aromatic N) is 1. The van der Waals surface area contributed by atoms with Gasteiger partial charge in [0.15, 0.2) is 5.12 Å². The third kappa shape index (κ3) is 3.26. The number of carbonyl (C=O) groups excluding carboxylic acids is 3. The van der Waals surface area contributed by atoms with E-state index in [-0.39, 0.29) is 22.2 Å². The highest BCUT2D eigenvalue weighted by Gasteiger charge is 2.33. The zero-order chi connectivity index (χ0) is 15.6. The van der Waals surface area contributed by atoms with Crippen LogP contribution >= 0.6 is 11.8 Å². The lowest BCUT2D eigenvalue weighted by Crippen LogP contribution is -2.27. The molecular weight excluding hydrogens is 288 g/mol. The predicted molar refractivity (Wildman–Crippen MR) is 83.6 cm³/mol. The van der Waals surface area contributed by atoms with E-state index in [2.05, 4.69) is 5.32 Å². The molecule has 5 nitrogen and oxygen atoms in total. The molecule has 1 atom stereocenters. The van der Waals surface area contributed by atoms with Crippen LogP contribution in [0.3, 0.4) is 0 Å². The Hall–Kier alpha value is -1.82. The van der Waals surface area contributed by atoms with Gasteiger partial charge in [0, 0.05) is 43.4 Å². The number of thioether (sulfide) groups is 1. The molecule has 0 aliphatic carbocycles. The fourth-order valence-corrected chi connectivity index (χ4v) is 3.44. The first kappa shape index (κ1) is 15.6. The summed E-state index contributed by atoms with van der Waals surface area (Å²) in [5.41, 5.74) is 2.08. The van der Waals surface area contributed by atoms with Crippen molar-refractivity contribution in [1.29, 1.82) is 0 Å². The maximum atomic E-state index is 12.2. The van der Waals surface area contributed by atoms with E-state index in [0.717, 1.165) is 11.3 Å². The summed E-state index contributed by atoms with van der Waals surface area (Å²) in [6, 6.07) is 5.34. The minimum absolute atomic E-state index is 0.00842. The van der Waals surface area contributed by atoms with Gasteiger partial charge in [-0.25, -0.2) is 0 Å². The van der Waals surface area contributed by atoms with Gasteiger partial charge in [-0.1, -0.05) is 17.8 Å². The van der Waals surface area contributed by atoms with Crippen LogP contribution in [0.1, 0.15) is 29.3 Å². The first-order chi connectivity index (χ1) is 9.93. The zero-order valence-corrected chi connectivity index (χ0v) is 13.1. The Morgan fingerprint density at radius 3 is 2.71 bits per heavy atom. The van der Waals surface area contributed by atoms with E-state index in [4.69, 9.17) is 0 Å². The van der Waals surface area contributed by atoms with Gasteiger partial charge in [-0.2, -0.15) is 0 Å². The van der Waals surface area contributed by atoms with Crippen LogP contribution in [0.2, 0.25) is 0 Å². The number of hydrogen-bond acceptors (Lipinski definition) is 4. The minimum Gasteiger partial charge on any atom is -0.355 e. The highest BCUT2D eigenvalue weighted by molar-refractivity contribution is 8.14. The Kier molecular flexibility index (Phi) is 4.67. The lowest BCUT2D eigenvalue weighted by atomic mass is 10.1. The average Bonchev–Trinajstić information content (AvgIpc) is 2.78. The van der Waals surface area contributed by atoms with E-state index in [0.29, 0.717) is 18.5 Å². The van der Waals surface area contributed by atoms with Gasteiger partial charge in [0.1, 0.15) is 0 Å². The molecule has 1 aromatic rings. The van der Waals surface area contributed by atoms with Crippen molar-refractivity contribution in [2.24, 2.45) is 0 Å². The van der Waals surface area contributed by atoms with E-state index in [1.54, 1.807) is 24.1 Å². The molecular formula is C15H18N2O3S. The Morgan fingerprint density at radius 1 is 1.38 bits per heavy atom. The van der Waals surface area contributed by atoms with E-state index in [9.17, 15) is 14.4 Å². The molecule has 112 valence electrons. The van der Waals surface area contributed by atoms with Crippen molar-refractivity contribution in [3.63, 3.8) is 0 Å². The number of benzene rings is 1. The van der Waals surface area contributed by atoms with Gasteiger partial charge < -0.3 is 10.2 Å². The first-order valence-corrected chi connectivity index (χ1v) is 7.61. The minimum atomic E-state index is -0.171. The molecule has 1 unspecified atom stereocenters. The van der Waals surface area contributed by atoms with Crippen LogP contribution in [-0.4, -0.2) is 35.8 Å². The Balaban J connectivity index is 2.28. The molecule has 1 aliphatic rings. The summed E-state index contributed by atoms with van der Waals surface area (Å²) in [6.07, 6.45) is 0.355. The molecule has 1 aliphatic heterocycles. The summed E-state index contributed by atoms with van der Waals surface area (Å²) in [7, 11) is 1.58. The molecule has 0 bridgehead atoms. The normalized spacial score (nSPS) is 18.0. The number of nitrogens with one attached hydrogen (secondary N) is 1. The van der Waals surface area contributed by atoms with Gasteiger partial charge in [0.2, 0.25) is 5.91 Å².